The Kier molecular flexibility index (Phi) is 11.3. The number of ether oxygens (including phenoxy) is 1. The molecule has 2 heterocycles. The Bertz CT molecular complexity index is 1120. The summed E-state index contributed by atoms with van der Waals surface area (Å²) in [5.41, 5.74) is 4.03. The second kappa shape index (κ2) is 14.4. The normalized spacial score (nSPS) is 16.2. The third-order valence-electron chi connectivity index (χ3n) is 7.61. The summed E-state index contributed by atoms with van der Waals surface area (Å²) in [6, 6.07) is 14.2. The molecule has 2 aliphatic heterocycles. The third kappa shape index (κ3) is 7.80. The van der Waals surface area contributed by atoms with Crippen LogP contribution in [0.4, 0.5) is 0 Å². The number of nitrogens with zero attached hydrogens (tertiary/aromatic N) is 1. The first-order valence-corrected chi connectivity index (χ1v) is 14.7. The first kappa shape index (κ1) is 30.6. The summed E-state index contributed by atoms with van der Waals surface area (Å²) in [6.45, 7) is 16.4. The van der Waals surface area contributed by atoms with Gasteiger partial charge in [-0.05, 0) is 101 Å². The third-order valence-corrected chi connectivity index (χ3v) is 7.61. The Morgan fingerprint density at radius 3 is 2.21 bits per heavy atom. The number of amides is 1. The zero-order valence-electron chi connectivity index (χ0n) is 24.7. The van der Waals surface area contributed by atoms with Gasteiger partial charge in [0.2, 0.25) is 0 Å². The molecule has 2 N–H and O–H groups in total. The van der Waals surface area contributed by atoms with E-state index in [-0.39, 0.29) is 17.3 Å². The summed E-state index contributed by atoms with van der Waals surface area (Å²) in [4.78, 5) is 26.5. The molecular formula is C33H47N3O3. The van der Waals surface area contributed by atoms with Crippen LogP contribution in [0.2, 0.25) is 0 Å². The monoisotopic (exact) mass is 533 g/mol. The zero-order valence-corrected chi connectivity index (χ0v) is 24.7. The van der Waals surface area contributed by atoms with Crippen molar-refractivity contribution < 1.29 is 14.3 Å². The van der Waals surface area contributed by atoms with Gasteiger partial charge in [0, 0.05) is 48.7 Å². The van der Waals surface area contributed by atoms with Crippen molar-refractivity contribution in [3.8, 4) is 5.75 Å². The van der Waals surface area contributed by atoms with E-state index >= 15 is 0 Å². The van der Waals surface area contributed by atoms with Crippen LogP contribution < -0.4 is 15.4 Å². The second-order valence-electron chi connectivity index (χ2n) is 10.5. The smallest absolute Gasteiger partial charge is 0.253 e. The van der Waals surface area contributed by atoms with E-state index in [0.29, 0.717) is 30.3 Å². The Labute approximate surface area is 235 Å². The number of carbonyl (C=O) groups is 2. The predicted molar refractivity (Wildman–Crippen MR) is 161 cm³/mol. The van der Waals surface area contributed by atoms with E-state index in [1.165, 1.54) is 12.8 Å². The number of ketones is 1. The van der Waals surface area contributed by atoms with Crippen molar-refractivity contribution in [2.75, 3.05) is 32.7 Å². The summed E-state index contributed by atoms with van der Waals surface area (Å²) >= 11 is 0. The molecule has 2 aliphatic rings. The van der Waals surface area contributed by atoms with Crippen LogP contribution >= 0.6 is 0 Å². The van der Waals surface area contributed by atoms with Crippen LogP contribution in [0.3, 0.4) is 0 Å². The number of nitrogens with one attached hydrogen (secondary N) is 2. The molecule has 2 aromatic carbocycles. The maximum Gasteiger partial charge on any atom is 0.253 e. The van der Waals surface area contributed by atoms with Crippen molar-refractivity contribution in [2.45, 2.75) is 78.9 Å². The fourth-order valence-corrected chi connectivity index (χ4v) is 5.34. The number of rotatable bonds is 9. The van der Waals surface area contributed by atoms with Gasteiger partial charge in [0.05, 0.1) is 0 Å². The average molecular weight is 534 g/mol. The highest BCUT2D eigenvalue weighted by molar-refractivity contribution is 5.97. The maximum atomic E-state index is 12.7. The summed E-state index contributed by atoms with van der Waals surface area (Å²) in [5.74, 6) is 0.892. The lowest BCUT2D eigenvalue weighted by Crippen LogP contribution is -2.46. The van der Waals surface area contributed by atoms with Crippen molar-refractivity contribution in [1.29, 1.82) is 0 Å². The standard InChI is InChI=1S/C26H30N2O3.C7H17N/c1-4-28(5-2)25(30)20-8-6-19(7-9-20)23-17-26(12-14-27-15-13-26)31-24-11-10-21(18(3)29)16-22(23)24;1-4-6-7(3)8-5-2/h6-11,16-17,27H,4-5,12-15H2,1-3H3;7-8H,4-6H2,1-3H3/t;7-/m.1/s1. The van der Waals surface area contributed by atoms with E-state index in [1.807, 2.05) is 61.2 Å². The van der Waals surface area contributed by atoms with Gasteiger partial charge in [0.25, 0.3) is 5.91 Å². The lowest BCUT2D eigenvalue weighted by molar-refractivity contribution is 0.0772. The zero-order chi connectivity index (χ0) is 28.4. The number of piperidine rings is 1. The fourth-order valence-electron chi connectivity index (χ4n) is 5.34. The van der Waals surface area contributed by atoms with Crippen molar-refractivity contribution >= 4 is 17.3 Å². The van der Waals surface area contributed by atoms with E-state index in [9.17, 15) is 9.59 Å². The molecular weight excluding hydrogens is 486 g/mol. The number of benzene rings is 2. The summed E-state index contributed by atoms with van der Waals surface area (Å²) < 4.78 is 6.48. The van der Waals surface area contributed by atoms with Gasteiger partial charge in [-0.1, -0.05) is 32.4 Å². The average Bonchev–Trinajstić information content (AvgIpc) is 2.94. The van der Waals surface area contributed by atoms with Crippen LogP contribution in [0.15, 0.2) is 48.5 Å². The maximum absolute atomic E-state index is 12.7. The molecule has 1 amide bonds. The molecule has 0 unspecified atom stereocenters. The fraction of sp³-hybridized carbons (Fsp3) is 0.515. The van der Waals surface area contributed by atoms with Gasteiger partial charge >= 0.3 is 0 Å². The van der Waals surface area contributed by atoms with E-state index in [0.717, 1.165) is 54.9 Å². The Hall–Kier alpha value is -2.96. The quantitative estimate of drug-likeness (QED) is 0.381. The predicted octanol–water partition coefficient (Wildman–Crippen LogP) is 6.10. The van der Waals surface area contributed by atoms with Crippen LogP contribution in [0, 0.1) is 0 Å². The van der Waals surface area contributed by atoms with Gasteiger partial charge in [-0.15, -0.1) is 0 Å². The van der Waals surface area contributed by atoms with Crippen molar-refractivity contribution in [2.24, 2.45) is 0 Å². The molecule has 1 atom stereocenters. The van der Waals surface area contributed by atoms with Crippen molar-refractivity contribution in [3.63, 3.8) is 0 Å². The van der Waals surface area contributed by atoms with E-state index in [2.05, 4.69) is 37.5 Å². The van der Waals surface area contributed by atoms with Gasteiger partial charge < -0.3 is 20.3 Å². The van der Waals surface area contributed by atoms with E-state index < -0.39 is 0 Å². The van der Waals surface area contributed by atoms with Gasteiger partial charge in [-0.25, -0.2) is 0 Å². The molecule has 1 fully saturated rings. The number of fused-ring (bicyclic) bond motifs is 1. The lowest BCUT2D eigenvalue weighted by atomic mass is 9.82. The highest BCUT2D eigenvalue weighted by Gasteiger charge is 2.37. The molecule has 4 rings (SSSR count). The van der Waals surface area contributed by atoms with Crippen LogP contribution in [-0.2, 0) is 0 Å². The Morgan fingerprint density at radius 2 is 1.64 bits per heavy atom. The van der Waals surface area contributed by atoms with Gasteiger partial charge in [0.15, 0.2) is 5.78 Å². The number of Topliss-reactive ketones (excluding diaryl/α,β-unsaturated/α-hetero) is 1. The topological polar surface area (TPSA) is 70.7 Å². The minimum Gasteiger partial charge on any atom is -0.482 e. The van der Waals surface area contributed by atoms with Crippen LogP contribution in [0.1, 0.15) is 99.1 Å². The van der Waals surface area contributed by atoms with Crippen LogP contribution in [-0.4, -0.2) is 61.0 Å². The second-order valence-corrected chi connectivity index (χ2v) is 10.5. The van der Waals surface area contributed by atoms with E-state index in [4.69, 9.17) is 4.74 Å². The minimum atomic E-state index is -0.346. The SMILES string of the molecule is CCC[C@@H](C)NCC.CCN(CC)C(=O)c1ccc(C2=CC3(CCNCC3)Oc3ccc(C(C)=O)cc32)cc1. The van der Waals surface area contributed by atoms with Crippen LogP contribution in [0.5, 0.6) is 5.75 Å². The Balaban J connectivity index is 0.000000459. The molecule has 2 aromatic rings. The molecule has 0 aromatic heterocycles. The molecule has 0 aliphatic carbocycles. The van der Waals surface area contributed by atoms with Crippen LogP contribution in [0.25, 0.3) is 5.57 Å². The van der Waals surface area contributed by atoms with E-state index in [1.54, 1.807) is 6.92 Å². The number of carbonyl (C=O) groups excluding carboxylic acids is 2. The number of hydrogen-bond acceptors (Lipinski definition) is 5. The molecule has 1 spiro atoms. The highest BCUT2D eigenvalue weighted by Crippen LogP contribution is 2.43. The van der Waals surface area contributed by atoms with Gasteiger partial charge in [-0.2, -0.15) is 0 Å². The summed E-state index contributed by atoms with van der Waals surface area (Å²) in [6.07, 6.45) is 6.59. The summed E-state index contributed by atoms with van der Waals surface area (Å²) in [7, 11) is 0. The number of hydrogen-bond donors (Lipinski definition) is 2. The van der Waals surface area contributed by atoms with Gasteiger partial charge in [-0.3, -0.25) is 9.59 Å². The molecule has 6 nitrogen and oxygen atoms in total. The molecule has 6 heteroatoms. The first-order valence-electron chi connectivity index (χ1n) is 14.7. The molecule has 1 saturated heterocycles. The molecule has 0 radical (unpaired) electrons. The molecule has 0 bridgehead atoms. The minimum absolute atomic E-state index is 0.0319. The molecule has 39 heavy (non-hydrogen) atoms. The largest absolute Gasteiger partial charge is 0.482 e. The van der Waals surface area contributed by atoms with Crippen molar-refractivity contribution in [3.05, 3.63) is 70.8 Å². The Morgan fingerprint density at radius 1 is 1.00 bits per heavy atom. The highest BCUT2D eigenvalue weighted by atomic mass is 16.5. The molecule has 0 saturated carbocycles. The van der Waals surface area contributed by atoms with Crippen molar-refractivity contribution in [1.82, 2.24) is 15.5 Å². The first-order chi connectivity index (χ1) is 18.8. The molecule has 212 valence electrons. The summed E-state index contributed by atoms with van der Waals surface area (Å²) in [5, 5.41) is 6.75. The lowest BCUT2D eigenvalue weighted by Gasteiger charge is -2.40. The van der Waals surface area contributed by atoms with Gasteiger partial charge in [0.1, 0.15) is 11.4 Å².